The van der Waals surface area contributed by atoms with Gasteiger partial charge in [-0.2, -0.15) is 13.2 Å². The van der Waals surface area contributed by atoms with Gasteiger partial charge in [-0.25, -0.2) is 9.78 Å². The zero-order valence-electron chi connectivity index (χ0n) is 12.6. The molecule has 1 aromatic heterocycles. The van der Waals surface area contributed by atoms with Gasteiger partial charge in [0.25, 0.3) is 0 Å². The van der Waals surface area contributed by atoms with E-state index in [0.29, 0.717) is 15.7 Å². The Kier molecular flexibility index (Phi) is 6.33. The molecule has 0 unspecified atom stereocenters. The van der Waals surface area contributed by atoms with Gasteiger partial charge >= 0.3 is 12.2 Å². The highest BCUT2D eigenvalue weighted by Gasteiger charge is 2.33. The molecule has 0 saturated carbocycles. The summed E-state index contributed by atoms with van der Waals surface area (Å²) in [6, 6.07) is 6.14. The predicted molar refractivity (Wildman–Crippen MR) is 91.2 cm³/mol. The molecule has 1 heterocycles. The first-order valence-electron chi connectivity index (χ1n) is 7.03. The van der Waals surface area contributed by atoms with Crippen LogP contribution in [0.4, 0.5) is 29.5 Å². The van der Waals surface area contributed by atoms with Gasteiger partial charge in [0.1, 0.15) is 5.82 Å². The zero-order chi connectivity index (χ0) is 18.4. The van der Waals surface area contributed by atoms with Crippen LogP contribution in [0.1, 0.15) is 5.56 Å². The molecule has 5 nitrogen and oxygen atoms in total. The SMILES string of the molecule is O=C(NCCNc1ncccc1C(F)(F)F)Nc1cc(Cl)ccc1Cl. The van der Waals surface area contributed by atoms with Crippen LogP contribution in [0.5, 0.6) is 0 Å². The second-order valence-corrected chi connectivity index (χ2v) is 5.67. The number of rotatable bonds is 5. The number of alkyl halides is 3. The third kappa shape index (κ3) is 5.68. The van der Waals surface area contributed by atoms with E-state index >= 15 is 0 Å². The van der Waals surface area contributed by atoms with E-state index < -0.39 is 17.8 Å². The molecule has 0 spiro atoms. The molecule has 0 saturated heterocycles. The molecule has 2 rings (SSSR count). The Morgan fingerprint density at radius 2 is 1.92 bits per heavy atom. The Morgan fingerprint density at radius 1 is 1.16 bits per heavy atom. The van der Waals surface area contributed by atoms with Crippen LogP contribution in [-0.2, 0) is 6.18 Å². The molecule has 0 bridgehead atoms. The molecule has 0 radical (unpaired) electrons. The quantitative estimate of drug-likeness (QED) is 0.649. The Bertz CT molecular complexity index is 756. The number of carbonyl (C=O) groups is 1. The fourth-order valence-electron chi connectivity index (χ4n) is 1.89. The number of nitrogens with zero attached hydrogens (tertiary/aromatic N) is 1. The molecule has 25 heavy (non-hydrogen) atoms. The monoisotopic (exact) mass is 392 g/mol. The van der Waals surface area contributed by atoms with Crippen molar-refractivity contribution in [3.8, 4) is 0 Å². The molecule has 2 amide bonds. The standard InChI is InChI=1S/C15H13Cl2F3N4O/c16-9-3-4-11(17)12(8-9)24-14(25)23-7-6-22-13-10(15(18,19)20)2-1-5-21-13/h1-5,8H,6-7H2,(H,21,22)(H2,23,24,25). The number of nitrogens with one attached hydrogen (secondary N) is 3. The van der Waals surface area contributed by atoms with E-state index in [0.717, 1.165) is 6.07 Å². The fraction of sp³-hybridized carbons (Fsp3) is 0.200. The lowest BCUT2D eigenvalue weighted by Gasteiger charge is -2.13. The maximum Gasteiger partial charge on any atom is 0.419 e. The lowest BCUT2D eigenvalue weighted by molar-refractivity contribution is -0.137. The Hall–Kier alpha value is -2.19. The molecule has 0 aliphatic rings. The first kappa shape index (κ1) is 19.1. The molecular formula is C15H13Cl2F3N4O. The van der Waals surface area contributed by atoms with Crippen molar-refractivity contribution in [2.45, 2.75) is 6.18 Å². The van der Waals surface area contributed by atoms with Crippen molar-refractivity contribution in [2.75, 3.05) is 23.7 Å². The summed E-state index contributed by atoms with van der Waals surface area (Å²) in [6.07, 6.45) is -3.26. The summed E-state index contributed by atoms with van der Waals surface area (Å²) >= 11 is 11.7. The zero-order valence-corrected chi connectivity index (χ0v) is 14.1. The summed E-state index contributed by atoms with van der Waals surface area (Å²) in [5.41, 5.74) is -0.547. The highest BCUT2D eigenvalue weighted by molar-refractivity contribution is 6.35. The maximum atomic E-state index is 12.8. The number of hydrogen-bond donors (Lipinski definition) is 3. The van der Waals surface area contributed by atoms with E-state index in [1.54, 1.807) is 6.07 Å². The summed E-state index contributed by atoms with van der Waals surface area (Å²) < 4.78 is 38.4. The van der Waals surface area contributed by atoms with E-state index in [4.69, 9.17) is 23.2 Å². The summed E-state index contributed by atoms with van der Waals surface area (Å²) in [5.74, 6) is -0.296. The highest BCUT2D eigenvalue weighted by atomic mass is 35.5. The minimum atomic E-state index is -4.51. The average Bonchev–Trinajstić information content (AvgIpc) is 2.54. The van der Waals surface area contributed by atoms with Gasteiger partial charge in [0.15, 0.2) is 0 Å². The Labute approximate surface area is 151 Å². The van der Waals surface area contributed by atoms with E-state index in [2.05, 4.69) is 20.9 Å². The lowest BCUT2D eigenvalue weighted by Crippen LogP contribution is -2.33. The third-order valence-corrected chi connectivity index (χ3v) is 3.56. The number of aromatic nitrogens is 1. The molecule has 0 atom stereocenters. The van der Waals surface area contributed by atoms with E-state index in [1.807, 2.05) is 0 Å². The highest BCUT2D eigenvalue weighted by Crippen LogP contribution is 2.33. The van der Waals surface area contributed by atoms with Crippen molar-refractivity contribution in [2.24, 2.45) is 0 Å². The van der Waals surface area contributed by atoms with E-state index in [-0.39, 0.29) is 18.9 Å². The topological polar surface area (TPSA) is 66.0 Å². The van der Waals surface area contributed by atoms with Crippen LogP contribution < -0.4 is 16.0 Å². The second-order valence-electron chi connectivity index (χ2n) is 4.83. The smallest absolute Gasteiger partial charge is 0.368 e. The van der Waals surface area contributed by atoms with Crippen molar-refractivity contribution in [1.29, 1.82) is 0 Å². The molecule has 0 fully saturated rings. The van der Waals surface area contributed by atoms with Gasteiger partial charge in [0, 0.05) is 24.3 Å². The summed E-state index contributed by atoms with van der Waals surface area (Å²) in [5, 5.41) is 8.22. The fourth-order valence-corrected chi connectivity index (χ4v) is 2.23. The molecule has 3 N–H and O–H groups in total. The number of hydrogen-bond acceptors (Lipinski definition) is 3. The predicted octanol–water partition coefficient (Wildman–Crippen LogP) is 4.64. The Balaban J connectivity index is 1.84. The van der Waals surface area contributed by atoms with Crippen LogP contribution in [0.15, 0.2) is 36.5 Å². The van der Waals surface area contributed by atoms with Gasteiger partial charge in [-0.15, -0.1) is 0 Å². The largest absolute Gasteiger partial charge is 0.419 e. The number of halogens is 5. The van der Waals surface area contributed by atoms with E-state index in [9.17, 15) is 18.0 Å². The van der Waals surface area contributed by atoms with Crippen LogP contribution in [0.3, 0.4) is 0 Å². The number of amides is 2. The minimum Gasteiger partial charge on any atom is -0.368 e. The van der Waals surface area contributed by atoms with Crippen LogP contribution >= 0.6 is 23.2 Å². The summed E-state index contributed by atoms with van der Waals surface area (Å²) in [7, 11) is 0. The van der Waals surface area contributed by atoms with Crippen LogP contribution in [0, 0.1) is 0 Å². The van der Waals surface area contributed by atoms with Crippen LogP contribution in [0.2, 0.25) is 10.0 Å². The van der Waals surface area contributed by atoms with Crippen molar-refractivity contribution >= 4 is 40.7 Å². The molecular weight excluding hydrogens is 380 g/mol. The normalized spacial score (nSPS) is 11.1. The number of anilines is 2. The number of carbonyl (C=O) groups excluding carboxylic acids is 1. The average molecular weight is 393 g/mol. The number of urea groups is 1. The summed E-state index contributed by atoms with van der Waals surface area (Å²) in [4.78, 5) is 15.4. The molecule has 0 aliphatic carbocycles. The third-order valence-electron chi connectivity index (χ3n) is 2.99. The lowest BCUT2D eigenvalue weighted by atomic mass is 10.2. The van der Waals surface area contributed by atoms with Crippen LogP contribution in [-0.4, -0.2) is 24.1 Å². The van der Waals surface area contributed by atoms with Crippen molar-refractivity contribution < 1.29 is 18.0 Å². The van der Waals surface area contributed by atoms with Gasteiger partial charge in [-0.1, -0.05) is 23.2 Å². The molecule has 0 aliphatic heterocycles. The van der Waals surface area contributed by atoms with Gasteiger partial charge < -0.3 is 16.0 Å². The van der Waals surface area contributed by atoms with Gasteiger partial charge in [-0.3, -0.25) is 0 Å². The minimum absolute atomic E-state index is 0.0524. The van der Waals surface area contributed by atoms with Gasteiger partial charge in [0.2, 0.25) is 0 Å². The first-order valence-corrected chi connectivity index (χ1v) is 7.79. The van der Waals surface area contributed by atoms with Crippen LogP contribution in [0.25, 0.3) is 0 Å². The van der Waals surface area contributed by atoms with Crippen molar-refractivity contribution in [3.05, 3.63) is 52.1 Å². The number of benzene rings is 1. The molecule has 1 aromatic carbocycles. The first-order chi connectivity index (χ1) is 11.8. The Morgan fingerprint density at radius 3 is 2.64 bits per heavy atom. The van der Waals surface area contributed by atoms with Gasteiger partial charge in [-0.05, 0) is 30.3 Å². The van der Waals surface area contributed by atoms with Gasteiger partial charge in [0.05, 0.1) is 16.3 Å². The number of pyridine rings is 1. The molecule has 134 valence electrons. The second kappa shape index (κ2) is 8.26. The molecule has 10 heteroatoms. The summed E-state index contributed by atoms with van der Waals surface area (Å²) in [6.45, 7) is 0.120. The molecule has 2 aromatic rings. The van der Waals surface area contributed by atoms with Crippen molar-refractivity contribution in [1.82, 2.24) is 10.3 Å². The van der Waals surface area contributed by atoms with E-state index in [1.165, 1.54) is 24.4 Å². The maximum absolute atomic E-state index is 12.8. The van der Waals surface area contributed by atoms with Crippen molar-refractivity contribution in [3.63, 3.8) is 0 Å².